The fourth-order valence-corrected chi connectivity index (χ4v) is 3.30. The first-order valence-corrected chi connectivity index (χ1v) is 8.62. The lowest BCUT2D eigenvalue weighted by Gasteiger charge is -2.18. The summed E-state index contributed by atoms with van der Waals surface area (Å²) in [4.78, 5) is 4.83. The minimum Gasteiger partial charge on any atom is -0.310 e. The molecule has 21 heavy (non-hydrogen) atoms. The number of thiazole rings is 1. The van der Waals surface area contributed by atoms with E-state index in [0.717, 1.165) is 19.4 Å². The highest BCUT2D eigenvalue weighted by Gasteiger charge is 2.19. The van der Waals surface area contributed by atoms with Gasteiger partial charge in [-0.15, -0.1) is 11.3 Å². The molecule has 1 aromatic carbocycles. The van der Waals surface area contributed by atoms with Gasteiger partial charge in [0.05, 0.1) is 10.7 Å². The number of hydrogen-bond donors (Lipinski definition) is 1. The second-order valence-corrected chi connectivity index (χ2v) is 7.44. The molecule has 0 saturated heterocycles. The van der Waals surface area contributed by atoms with Crippen LogP contribution in [0.25, 0.3) is 0 Å². The molecule has 3 heteroatoms. The van der Waals surface area contributed by atoms with Crippen molar-refractivity contribution < 1.29 is 0 Å². The zero-order chi connectivity index (χ0) is 15.3. The van der Waals surface area contributed by atoms with Crippen LogP contribution in [0.5, 0.6) is 0 Å². The quantitative estimate of drug-likeness (QED) is 0.835. The van der Waals surface area contributed by atoms with Crippen molar-refractivity contribution in [3.8, 4) is 0 Å². The van der Waals surface area contributed by atoms with Gasteiger partial charge in [0.1, 0.15) is 0 Å². The Balaban J connectivity index is 2.13. The van der Waals surface area contributed by atoms with E-state index in [1.807, 2.05) is 0 Å². The SMILES string of the molecule is CCCNC(Cc1nc(C(C)(C)C)cs1)c1ccccc1. The first kappa shape index (κ1) is 16.2. The summed E-state index contributed by atoms with van der Waals surface area (Å²) in [5, 5.41) is 7.07. The van der Waals surface area contributed by atoms with Gasteiger partial charge in [-0.3, -0.25) is 0 Å². The van der Waals surface area contributed by atoms with Crippen molar-refractivity contribution in [2.75, 3.05) is 6.54 Å². The van der Waals surface area contributed by atoms with E-state index in [-0.39, 0.29) is 5.41 Å². The van der Waals surface area contributed by atoms with Gasteiger partial charge in [0.15, 0.2) is 0 Å². The van der Waals surface area contributed by atoms with Crippen molar-refractivity contribution in [1.29, 1.82) is 0 Å². The molecule has 1 N–H and O–H groups in total. The molecule has 2 nitrogen and oxygen atoms in total. The normalized spacial score (nSPS) is 13.3. The average molecular weight is 302 g/mol. The second kappa shape index (κ2) is 7.19. The molecule has 1 heterocycles. The summed E-state index contributed by atoms with van der Waals surface area (Å²) < 4.78 is 0. The van der Waals surface area contributed by atoms with Gasteiger partial charge in [0, 0.05) is 23.3 Å². The molecule has 0 amide bonds. The fourth-order valence-electron chi connectivity index (χ4n) is 2.24. The number of hydrogen-bond acceptors (Lipinski definition) is 3. The predicted molar refractivity (Wildman–Crippen MR) is 92.0 cm³/mol. The maximum atomic E-state index is 4.83. The monoisotopic (exact) mass is 302 g/mol. The summed E-state index contributed by atoms with van der Waals surface area (Å²) in [7, 11) is 0. The second-order valence-electron chi connectivity index (χ2n) is 6.50. The molecule has 0 radical (unpaired) electrons. The highest BCUT2D eigenvalue weighted by molar-refractivity contribution is 7.09. The molecule has 114 valence electrons. The highest BCUT2D eigenvalue weighted by Crippen LogP contribution is 2.26. The Kier molecular flexibility index (Phi) is 5.54. The molecular formula is C18H26N2S. The van der Waals surface area contributed by atoms with Crippen LogP contribution in [0.4, 0.5) is 0 Å². The lowest BCUT2D eigenvalue weighted by molar-refractivity contribution is 0.523. The minimum atomic E-state index is 0.133. The Morgan fingerprint density at radius 2 is 1.90 bits per heavy atom. The van der Waals surface area contributed by atoms with E-state index in [0.29, 0.717) is 6.04 Å². The Bertz CT molecular complexity index is 540. The molecule has 0 bridgehead atoms. The lowest BCUT2D eigenvalue weighted by Crippen LogP contribution is -2.24. The van der Waals surface area contributed by atoms with E-state index in [4.69, 9.17) is 4.98 Å². The molecule has 0 spiro atoms. The smallest absolute Gasteiger partial charge is 0.0947 e. The van der Waals surface area contributed by atoms with Crippen LogP contribution in [0.15, 0.2) is 35.7 Å². The van der Waals surface area contributed by atoms with Crippen LogP contribution in [-0.4, -0.2) is 11.5 Å². The average Bonchev–Trinajstić information content (AvgIpc) is 2.93. The Morgan fingerprint density at radius 1 is 1.19 bits per heavy atom. The van der Waals surface area contributed by atoms with Gasteiger partial charge in [-0.05, 0) is 18.5 Å². The minimum absolute atomic E-state index is 0.133. The molecule has 1 aromatic heterocycles. The van der Waals surface area contributed by atoms with Crippen LogP contribution in [-0.2, 0) is 11.8 Å². The van der Waals surface area contributed by atoms with E-state index in [9.17, 15) is 0 Å². The van der Waals surface area contributed by atoms with E-state index in [2.05, 4.69) is 68.7 Å². The van der Waals surface area contributed by atoms with Crippen LogP contribution in [0.2, 0.25) is 0 Å². The topological polar surface area (TPSA) is 24.9 Å². The zero-order valence-corrected chi connectivity index (χ0v) is 14.3. The molecule has 0 aliphatic carbocycles. The lowest BCUT2D eigenvalue weighted by atomic mass is 9.93. The van der Waals surface area contributed by atoms with Crippen molar-refractivity contribution in [1.82, 2.24) is 10.3 Å². The third-order valence-electron chi connectivity index (χ3n) is 3.54. The Labute approximate surface area is 132 Å². The van der Waals surface area contributed by atoms with Crippen molar-refractivity contribution >= 4 is 11.3 Å². The maximum absolute atomic E-state index is 4.83. The summed E-state index contributed by atoms with van der Waals surface area (Å²) in [6.07, 6.45) is 2.11. The van der Waals surface area contributed by atoms with Gasteiger partial charge in [-0.25, -0.2) is 4.98 Å². The number of benzene rings is 1. The van der Waals surface area contributed by atoms with Crippen LogP contribution >= 0.6 is 11.3 Å². The summed E-state index contributed by atoms with van der Waals surface area (Å²) in [6.45, 7) is 9.90. The predicted octanol–water partition coefficient (Wildman–Crippen LogP) is 4.72. The van der Waals surface area contributed by atoms with Gasteiger partial charge in [0.2, 0.25) is 0 Å². The number of aromatic nitrogens is 1. The largest absolute Gasteiger partial charge is 0.310 e. The van der Waals surface area contributed by atoms with Crippen molar-refractivity contribution in [3.05, 3.63) is 52.0 Å². The molecule has 1 atom stereocenters. The third kappa shape index (κ3) is 4.65. The third-order valence-corrected chi connectivity index (χ3v) is 4.41. The van der Waals surface area contributed by atoms with Gasteiger partial charge < -0.3 is 5.32 Å². The molecule has 0 aliphatic rings. The summed E-state index contributed by atoms with van der Waals surface area (Å²) >= 11 is 1.78. The van der Waals surface area contributed by atoms with Gasteiger partial charge in [-0.2, -0.15) is 0 Å². The van der Waals surface area contributed by atoms with Crippen LogP contribution in [0.3, 0.4) is 0 Å². The molecule has 0 aliphatic heterocycles. The molecule has 1 unspecified atom stereocenters. The molecule has 2 aromatic rings. The summed E-state index contributed by atoms with van der Waals surface area (Å²) in [5.41, 5.74) is 2.68. The Hall–Kier alpha value is -1.19. The molecule has 0 saturated carbocycles. The zero-order valence-electron chi connectivity index (χ0n) is 13.5. The summed E-state index contributed by atoms with van der Waals surface area (Å²) in [5.74, 6) is 0. The van der Waals surface area contributed by atoms with Gasteiger partial charge in [0.25, 0.3) is 0 Å². The first-order chi connectivity index (χ1) is 10.0. The van der Waals surface area contributed by atoms with Crippen molar-refractivity contribution in [2.24, 2.45) is 0 Å². The van der Waals surface area contributed by atoms with Gasteiger partial charge in [-0.1, -0.05) is 58.0 Å². The molecule has 2 rings (SSSR count). The fraction of sp³-hybridized carbons (Fsp3) is 0.500. The van der Waals surface area contributed by atoms with Crippen LogP contribution in [0.1, 0.15) is 56.4 Å². The summed E-state index contributed by atoms with van der Waals surface area (Å²) in [6, 6.07) is 11.0. The van der Waals surface area contributed by atoms with E-state index >= 15 is 0 Å². The standard InChI is InChI=1S/C18H26N2S/c1-5-11-19-15(14-9-7-6-8-10-14)12-17-20-16(13-21-17)18(2,3)4/h6-10,13,15,19H,5,11-12H2,1-4H3. The van der Waals surface area contributed by atoms with E-state index < -0.39 is 0 Å². The van der Waals surface area contributed by atoms with E-state index in [1.54, 1.807) is 11.3 Å². The maximum Gasteiger partial charge on any atom is 0.0947 e. The number of nitrogens with one attached hydrogen (secondary N) is 1. The van der Waals surface area contributed by atoms with Crippen molar-refractivity contribution in [3.63, 3.8) is 0 Å². The number of nitrogens with zero attached hydrogens (tertiary/aromatic N) is 1. The molecular weight excluding hydrogens is 276 g/mol. The van der Waals surface area contributed by atoms with Crippen LogP contribution in [0, 0.1) is 0 Å². The number of rotatable bonds is 6. The van der Waals surface area contributed by atoms with Crippen molar-refractivity contribution in [2.45, 2.75) is 52.0 Å². The molecule has 0 fully saturated rings. The Morgan fingerprint density at radius 3 is 2.48 bits per heavy atom. The first-order valence-electron chi connectivity index (χ1n) is 7.74. The van der Waals surface area contributed by atoms with E-state index in [1.165, 1.54) is 16.3 Å². The van der Waals surface area contributed by atoms with Gasteiger partial charge >= 0.3 is 0 Å². The highest BCUT2D eigenvalue weighted by atomic mass is 32.1. The van der Waals surface area contributed by atoms with Crippen LogP contribution < -0.4 is 5.32 Å².